The summed E-state index contributed by atoms with van der Waals surface area (Å²) in [4.78, 5) is 14.7. The van der Waals surface area contributed by atoms with Gasteiger partial charge >= 0.3 is 0 Å². The molecule has 2 N–H and O–H groups in total. The van der Waals surface area contributed by atoms with E-state index in [2.05, 4.69) is 21.6 Å². The van der Waals surface area contributed by atoms with E-state index in [-0.39, 0.29) is 18.1 Å². The van der Waals surface area contributed by atoms with Crippen molar-refractivity contribution in [2.75, 3.05) is 29.9 Å². The highest BCUT2D eigenvalue weighted by Gasteiger charge is 2.23. The highest BCUT2D eigenvalue weighted by molar-refractivity contribution is 6.32. The van der Waals surface area contributed by atoms with Crippen LogP contribution in [0.5, 0.6) is 5.75 Å². The Bertz CT molecular complexity index is 943. The molecule has 1 atom stereocenters. The minimum absolute atomic E-state index is 0.0143. The summed E-state index contributed by atoms with van der Waals surface area (Å²) in [5.74, 6) is 0.631. The lowest BCUT2D eigenvalue weighted by molar-refractivity contribution is -0.118. The van der Waals surface area contributed by atoms with Crippen LogP contribution < -0.4 is 20.3 Å². The molecule has 2 heterocycles. The molecular formula is C24H27ClN4O2. The van der Waals surface area contributed by atoms with Crippen molar-refractivity contribution in [2.45, 2.75) is 44.2 Å². The third-order valence-electron chi connectivity index (χ3n) is 5.92. The molecule has 0 unspecified atom stereocenters. The Balaban J connectivity index is 1.29. The maximum Gasteiger partial charge on any atom is 0.241 e. The fraction of sp³-hybridized carbons (Fsp3) is 0.417. The van der Waals surface area contributed by atoms with E-state index in [0.29, 0.717) is 22.0 Å². The summed E-state index contributed by atoms with van der Waals surface area (Å²) in [6, 6.07) is 15.1. The van der Waals surface area contributed by atoms with Crippen LogP contribution in [0.25, 0.3) is 0 Å². The fourth-order valence-corrected chi connectivity index (χ4v) is 4.36. The monoisotopic (exact) mass is 438 g/mol. The van der Waals surface area contributed by atoms with E-state index < -0.39 is 0 Å². The van der Waals surface area contributed by atoms with Gasteiger partial charge in [0.15, 0.2) is 0 Å². The number of piperidine rings is 2. The molecule has 4 rings (SSSR count). The maximum absolute atomic E-state index is 12.4. The van der Waals surface area contributed by atoms with Gasteiger partial charge in [-0.2, -0.15) is 5.26 Å². The molecule has 0 aromatic heterocycles. The smallest absolute Gasteiger partial charge is 0.241 e. The molecule has 2 aromatic rings. The molecular weight excluding hydrogens is 412 g/mol. The van der Waals surface area contributed by atoms with Crippen LogP contribution in [0.3, 0.4) is 0 Å². The minimum Gasteiger partial charge on any atom is -0.489 e. The second-order valence-corrected chi connectivity index (χ2v) is 8.51. The topological polar surface area (TPSA) is 77.4 Å². The number of carbonyl (C=O) groups excluding carboxylic acids is 1. The lowest BCUT2D eigenvalue weighted by Gasteiger charge is -2.34. The molecule has 2 aliphatic rings. The molecule has 2 fully saturated rings. The normalized spacial score (nSPS) is 19.5. The summed E-state index contributed by atoms with van der Waals surface area (Å²) in [7, 11) is 0. The summed E-state index contributed by atoms with van der Waals surface area (Å²) >= 11 is 6.44. The number of ether oxygens (including phenoxy) is 1. The number of hydrogen-bond acceptors (Lipinski definition) is 5. The first-order valence-corrected chi connectivity index (χ1v) is 11.3. The Hall–Kier alpha value is -2.75. The predicted molar refractivity (Wildman–Crippen MR) is 123 cm³/mol. The SMILES string of the molecule is N#Cc1ccc(N2CCC(Oc3ccc(NC(=O)[C@H]4CCCCN4)cc3Cl)CC2)cc1. The van der Waals surface area contributed by atoms with Crippen molar-refractivity contribution in [3.05, 3.63) is 53.1 Å². The zero-order valence-electron chi connectivity index (χ0n) is 17.4. The van der Waals surface area contributed by atoms with Crippen molar-refractivity contribution >= 4 is 28.9 Å². The van der Waals surface area contributed by atoms with E-state index >= 15 is 0 Å². The summed E-state index contributed by atoms with van der Waals surface area (Å²) in [5, 5.41) is 15.6. The Labute approximate surface area is 188 Å². The number of rotatable bonds is 5. The Morgan fingerprint density at radius 1 is 1.13 bits per heavy atom. The largest absolute Gasteiger partial charge is 0.489 e. The number of carbonyl (C=O) groups is 1. The van der Waals surface area contributed by atoms with Crippen LogP contribution in [0.2, 0.25) is 5.02 Å². The van der Waals surface area contributed by atoms with Crippen molar-refractivity contribution in [1.29, 1.82) is 5.26 Å². The third-order valence-corrected chi connectivity index (χ3v) is 6.22. The van der Waals surface area contributed by atoms with Gasteiger partial charge in [0.1, 0.15) is 11.9 Å². The van der Waals surface area contributed by atoms with Crippen molar-refractivity contribution in [1.82, 2.24) is 5.32 Å². The number of nitriles is 1. The molecule has 1 amide bonds. The van der Waals surface area contributed by atoms with Crippen molar-refractivity contribution < 1.29 is 9.53 Å². The Morgan fingerprint density at radius 3 is 2.55 bits per heavy atom. The van der Waals surface area contributed by atoms with Crippen molar-refractivity contribution in [2.24, 2.45) is 0 Å². The lowest BCUT2D eigenvalue weighted by atomic mass is 10.0. The number of benzene rings is 2. The number of hydrogen-bond donors (Lipinski definition) is 2. The number of nitrogens with one attached hydrogen (secondary N) is 2. The number of nitrogens with zero attached hydrogens (tertiary/aromatic N) is 2. The van der Waals surface area contributed by atoms with Crippen LogP contribution in [0.15, 0.2) is 42.5 Å². The van der Waals surface area contributed by atoms with Crippen molar-refractivity contribution in [3.63, 3.8) is 0 Å². The van der Waals surface area contributed by atoms with Gasteiger partial charge in [0.05, 0.1) is 22.7 Å². The molecule has 2 saturated heterocycles. The third kappa shape index (κ3) is 5.49. The van der Waals surface area contributed by atoms with Gasteiger partial charge in [-0.1, -0.05) is 18.0 Å². The molecule has 6 nitrogen and oxygen atoms in total. The van der Waals surface area contributed by atoms with Crippen LogP contribution in [0, 0.1) is 11.3 Å². The molecule has 2 aliphatic heterocycles. The average Bonchev–Trinajstić information content (AvgIpc) is 2.82. The molecule has 0 aliphatic carbocycles. The molecule has 0 saturated carbocycles. The number of anilines is 2. The lowest BCUT2D eigenvalue weighted by Crippen LogP contribution is -2.43. The molecule has 2 aromatic carbocycles. The summed E-state index contributed by atoms with van der Waals surface area (Å²) < 4.78 is 6.16. The number of amides is 1. The van der Waals surface area contributed by atoms with Gasteiger partial charge < -0.3 is 20.3 Å². The van der Waals surface area contributed by atoms with Crippen LogP contribution in [-0.4, -0.2) is 37.7 Å². The van der Waals surface area contributed by atoms with Crippen LogP contribution in [0.4, 0.5) is 11.4 Å². The maximum atomic E-state index is 12.4. The summed E-state index contributed by atoms with van der Waals surface area (Å²) in [5.41, 5.74) is 2.49. The van der Waals surface area contributed by atoms with Crippen LogP contribution in [0.1, 0.15) is 37.7 Å². The van der Waals surface area contributed by atoms with E-state index in [0.717, 1.165) is 57.4 Å². The first-order valence-electron chi connectivity index (χ1n) is 10.9. The quantitative estimate of drug-likeness (QED) is 0.726. The highest BCUT2D eigenvalue weighted by atomic mass is 35.5. The van der Waals surface area contributed by atoms with Gasteiger partial charge in [0.25, 0.3) is 0 Å². The zero-order chi connectivity index (χ0) is 21.6. The van der Waals surface area contributed by atoms with Gasteiger partial charge in [-0.15, -0.1) is 0 Å². The average molecular weight is 439 g/mol. The highest BCUT2D eigenvalue weighted by Crippen LogP contribution is 2.31. The Morgan fingerprint density at radius 2 is 1.90 bits per heavy atom. The van der Waals surface area contributed by atoms with Gasteiger partial charge in [0.2, 0.25) is 5.91 Å². The molecule has 0 spiro atoms. The first-order chi connectivity index (χ1) is 15.1. The molecule has 0 bridgehead atoms. The second-order valence-electron chi connectivity index (χ2n) is 8.10. The van der Waals surface area contributed by atoms with Gasteiger partial charge in [-0.25, -0.2) is 0 Å². The van der Waals surface area contributed by atoms with Crippen LogP contribution >= 0.6 is 11.6 Å². The molecule has 7 heteroatoms. The van der Waals surface area contributed by atoms with E-state index in [1.54, 1.807) is 6.07 Å². The standard InChI is InChI=1S/C24H27ClN4O2/c25-21-15-18(28-24(30)22-3-1-2-12-27-22)6-9-23(21)31-20-10-13-29(14-11-20)19-7-4-17(16-26)5-8-19/h4-9,15,20,22,27H,1-3,10-14H2,(H,28,30)/t22-/m1/s1. The zero-order valence-corrected chi connectivity index (χ0v) is 18.2. The van der Waals surface area contributed by atoms with E-state index in [1.807, 2.05) is 36.4 Å². The van der Waals surface area contributed by atoms with Gasteiger partial charge in [0, 0.05) is 37.3 Å². The molecule has 31 heavy (non-hydrogen) atoms. The first kappa shape index (κ1) is 21.5. The van der Waals surface area contributed by atoms with Crippen LogP contribution in [-0.2, 0) is 4.79 Å². The molecule has 162 valence electrons. The molecule has 0 radical (unpaired) electrons. The van der Waals surface area contributed by atoms with Gasteiger partial charge in [-0.05, 0) is 61.9 Å². The summed E-state index contributed by atoms with van der Waals surface area (Å²) in [6.07, 6.45) is 4.93. The van der Waals surface area contributed by atoms with E-state index in [9.17, 15) is 4.79 Å². The predicted octanol–water partition coefficient (Wildman–Crippen LogP) is 4.34. The van der Waals surface area contributed by atoms with E-state index in [4.69, 9.17) is 21.6 Å². The summed E-state index contributed by atoms with van der Waals surface area (Å²) in [6.45, 7) is 2.66. The Kier molecular flexibility index (Phi) is 6.96. The van der Waals surface area contributed by atoms with Crippen molar-refractivity contribution in [3.8, 4) is 11.8 Å². The fourth-order valence-electron chi connectivity index (χ4n) is 4.14. The van der Waals surface area contributed by atoms with Gasteiger partial charge in [-0.3, -0.25) is 4.79 Å². The second kappa shape index (κ2) is 10.0. The number of halogens is 1. The van der Waals surface area contributed by atoms with E-state index in [1.165, 1.54) is 0 Å². The minimum atomic E-state index is -0.134.